The number of benzene rings is 1. The zero-order valence-electron chi connectivity index (χ0n) is 16.0. The van der Waals surface area contributed by atoms with E-state index in [-0.39, 0.29) is 30.8 Å². The topological polar surface area (TPSA) is 76.1 Å². The van der Waals surface area contributed by atoms with Crippen LogP contribution in [0.15, 0.2) is 12.1 Å². The van der Waals surface area contributed by atoms with Gasteiger partial charge in [0.25, 0.3) is 0 Å². The molecule has 25 heavy (non-hydrogen) atoms. The number of ether oxygens (including phenoxy) is 2. The Morgan fingerprint density at radius 1 is 1.08 bits per heavy atom. The molecule has 0 aliphatic heterocycles. The lowest BCUT2D eigenvalue weighted by atomic mass is 9.83. The van der Waals surface area contributed by atoms with Crippen molar-refractivity contribution >= 4 is 11.9 Å². The summed E-state index contributed by atoms with van der Waals surface area (Å²) >= 11 is 0. The summed E-state index contributed by atoms with van der Waals surface area (Å²) in [6, 6.07) is 3.91. The number of nitrogens with zero attached hydrogens (tertiary/aromatic N) is 1. The Kier molecular flexibility index (Phi) is 7.42. The van der Waals surface area contributed by atoms with E-state index < -0.39 is 11.9 Å². The van der Waals surface area contributed by atoms with Gasteiger partial charge in [0.1, 0.15) is 5.75 Å². The number of rotatable bonds is 7. The predicted molar refractivity (Wildman–Crippen MR) is 95.5 cm³/mol. The molecule has 0 amide bonds. The monoisotopic (exact) mass is 351 g/mol. The summed E-state index contributed by atoms with van der Waals surface area (Å²) in [5, 5.41) is 10.7. The van der Waals surface area contributed by atoms with E-state index in [0.717, 1.165) is 17.5 Å². The van der Waals surface area contributed by atoms with E-state index in [9.17, 15) is 14.7 Å². The molecule has 0 fully saturated rings. The average Bonchev–Trinajstić information content (AvgIpc) is 2.55. The van der Waals surface area contributed by atoms with Crippen LogP contribution < -0.4 is 0 Å². The second-order valence-corrected chi connectivity index (χ2v) is 7.05. The lowest BCUT2D eigenvalue weighted by Gasteiger charge is -2.26. The van der Waals surface area contributed by atoms with Gasteiger partial charge < -0.3 is 14.6 Å². The third-order valence-corrected chi connectivity index (χ3v) is 4.02. The molecule has 0 heterocycles. The van der Waals surface area contributed by atoms with Crippen LogP contribution in [0, 0.1) is 0 Å². The number of methoxy groups -OCH3 is 2. The first-order chi connectivity index (χ1) is 11.6. The average molecular weight is 351 g/mol. The molecule has 1 aromatic rings. The van der Waals surface area contributed by atoms with E-state index in [0.29, 0.717) is 5.56 Å². The fourth-order valence-electron chi connectivity index (χ4n) is 2.56. The van der Waals surface area contributed by atoms with Crippen molar-refractivity contribution < 1.29 is 24.2 Å². The van der Waals surface area contributed by atoms with Gasteiger partial charge in [-0.05, 0) is 23.0 Å². The van der Waals surface area contributed by atoms with Crippen LogP contribution in [0.1, 0.15) is 44.4 Å². The number of hydrogen-bond acceptors (Lipinski definition) is 6. The smallest absolute Gasteiger partial charge is 0.319 e. The maximum absolute atomic E-state index is 11.6. The summed E-state index contributed by atoms with van der Waals surface area (Å²) in [6.45, 7) is 8.26. The number of carbonyl (C=O) groups excluding carboxylic acids is 2. The van der Waals surface area contributed by atoms with Crippen molar-refractivity contribution in [2.24, 2.45) is 0 Å². The standard InChI is InChI=1S/C19H29NO5/c1-7-13-8-14(18(23)15(9-13)19(2,3)4)10-20(11-16(21)24-5)12-17(22)25-6/h8-9,23H,7,10-12H2,1-6H3. The van der Waals surface area contributed by atoms with E-state index in [1.807, 2.05) is 39.8 Å². The number of carbonyl (C=O) groups is 2. The van der Waals surface area contributed by atoms with Gasteiger partial charge in [0.05, 0.1) is 27.3 Å². The summed E-state index contributed by atoms with van der Waals surface area (Å²) in [5.74, 6) is -0.707. The number of esters is 2. The first-order valence-electron chi connectivity index (χ1n) is 8.33. The van der Waals surface area contributed by atoms with Crippen molar-refractivity contribution in [2.75, 3.05) is 27.3 Å². The number of aromatic hydroxyl groups is 1. The Morgan fingerprint density at radius 3 is 2.00 bits per heavy atom. The van der Waals surface area contributed by atoms with Crippen molar-refractivity contribution in [1.82, 2.24) is 4.90 Å². The zero-order chi connectivity index (χ0) is 19.2. The first-order valence-corrected chi connectivity index (χ1v) is 8.33. The van der Waals surface area contributed by atoms with Crippen molar-refractivity contribution in [1.29, 1.82) is 0 Å². The predicted octanol–water partition coefficient (Wildman–Crippen LogP) is 2.40. The molecule has 0 spiro atoms. The molecule has 1 aromatic carbocycles. The molecule has 0 aromatic heterocycles. The SMILES string of the molecule is CCc1cc(CN(CC(=O)OC)CC(=O)OC)c(O)c(C(C)(C)C)c1. The third kappa shape index (κ3) is 6.05. The molecule has 1 N–H and O–H groups in total. The van der Waals surface area contributed by atoms with Crippen LogP contribution in [0.2, 0.25) is 0 Å². The molecule has 0 saturated carbocycles. The molecule has 0 radical (unpaired) electrons. The number of phenols is 1. The summed E-state index contributed by atoms with van der Waals surface area (Å²) in [6.07, 6.45) is 0.824. The second-order valence-electron chi connectivity index (χ2n) is 7.05. The highest BCUT2D eigenvalue weighted by atomic mass is 16.5. The lowest BCUT2D eigenvalue weighted by Crippen LogP contribution is -2.35. The molecular formula is C19H29NO5. The largest absolute Gasteiger partial charge is 0.507 e. The fourth-order valence-corrected chi connectivity index (χ4v) is 2.56. The highest BCUT2D eigenvalue weighted by Gasteiger charge is 2.23. The Balaban J connectivity index is 3.21. The molecule has 0 atom stereocenters. The lowest BCUT2D eigenvalue weighted by molar-refractivity contribution is -0.145. The molecule has 6 nitrogen and oxygen atoms in total. The van der Waals surface area contributed by atoms with Gasteiger partial charge in [-0.25, -0.2) is 0 Å². The summed E-state index contributed by atoms with van der Waals surface area (Å²) in [5.41, 5.74) is 2.39. The van der Waals surface area contributed by atoms with E-state index in [2.05, 4.69) is 0 Å². The van der Waals surface area contributed by atoms with Gasteiger partial charge in [-0.1, -0.05) is 39.8 Å². The Morgan fingerprint density at radius 2 is 1.60 bits per heavy atom. The fraction of sp³-hybridized carbons (Fsp3) is 0.579. The van der Waals surface area contributed by atoms with Crippen LogP contribution in [0.4, 0.5) is 0 Å². The molecule has 1 rings (SSSR count). The van der Waals surface area contributed by atoms with Crippen molar-refractivity contribution in [2.45, 2.75) is 46.1 Å². The molecule has 140 valence electrons. The van der Waals surface area contributed by atoms with Crippen LogP contribution in [-0.4, -0.2) is 49.3 Å². The number of phenolic OH excluding ortho intramolecular Hbond substituents is 1. The second kappa shape index (κ2) is 8.85. The van der Waals surface area contributed by atoms with Gasteiger partial charge in [-0.2, -0.15) is 0 Å². The van der Waals surface area contributed by atoms with Crippen LogP contribution >= 0.6 is 0 Å². The first kappa shape index (κ1) is 21.0. The van der Waals surface area contributed by atoms with Gasteiger partial charge in [0.2, 0.25) is 0 Å². The highest BCUT2D eigenvalue weighted by Crippen LogP contribution is 2.35. The minimum Gasteiger partial charge on any atom is -0.507 e. The molecule has 0 aliphatic rings. The van der Waals surface area contributed by atoms with Crippen LogP contribution in [0.5, 0.6) is 5.75 Å². The van der Waals surface area contributed by atoms with E-state index in [1.165, 1.54) is 14.2 Å². The molecule has 0 saturated heterocycles. The highest BCUT2D eigenvalue weighted by molar-refractivity contribution is 5.74. The molecular weight excluding hydrogens is 322 g/mol. The number of hydrogen-bond donors (Lipinski definition) is 1. The quantitative estimate of drug-likeness (QED) is 0.760. The zero-order valence-corrected chi connectivity index (χ0v) is 16.0. The van der Waals surface area contributed by atoms with Crippen LogP contribution in [-0.2, 0) is 37.4 Å². The van der Waals surface area contributed by atoms with Crippen molar-refractivity contribution in [3.8, 4) is 5.75 Å². The third-order valence-electron chi connectivity index (χ3n) is 4.02. The van der Waals surface area contributed by atoms with Gasteiger partial charge in [0.15, 0.2) is 0 Å². The van der Waals surface area contributed by atoms with Gasteiger partial charge in [-0.15, -0.1) is 0 Å². The minimum absolute atomic E-state index is 0.0633. The van der Waals surface area contributed by atoms with Gasteiger partial charge >= 0.3 is 11.9 Å². The van der Waals surface area contributed by atoms with E-state index >= 15 is 0 Å². The Hall–Kier alpha value is -2.08. The van der Waals surface area contributed by atoms with Crippen molar-refractivity contribution in [3.63, 3.8) is 0 Å². The van der Waals surface area contributed by atoms with Gasteiger partial charge in [0, 0.05) is 12.1 Å². The number of aryl methyl sites for hydroxylation is 1. The Labute approximate surface area is 149 Å². The van der Waals surface area contributed by atoms with Crippen LogP contribution in [0.25, 0.3) is 0 Å². The van der Waals surface area contributed by atoms with Crippen LogP contribution in [0.3, 0.4) is 0 Å². The molecule has 0 bridgehead atoms. The maximum Gasteiger partial charge on any atom is 0.319 e. The normalized spacial score (nSPS) is 11.5. The van der Waals surface area contributed by atoms with Crippen molar-refractivity contribution in [3.05, 3.63) is 28.8 Å². The molecule has 0 unspecified atom stereocenters. The van der Waals surface area contributed by atoms with E-state index in [4.69, 9.17) is 9.47 Å². The summed E-state index contributed by atoms with van der Waals surface area (Å²) in [4.78, 5) is 24.9. The molecule has 0 aliphatic carbocycles. The Bertz CT molecular complexity index is 601. The minimum atomic E-state index is -0.453. The van der Waals surface area contributed by atoms with Gasteiger partial charge in [-0.3, -0.25) is 14.5 Å². The maximum atomic E-state index is 11.6. The summed E-state index contributed by atoms with van der Waals surface area (Å²) < 4.78 is 9.38. The van der Waals surface area contributed by atoms with E-state index in [1.54, 1.807) is 4.90 Å². The molecule has 6 heteroatoms. The summed E-state index contributed by atoms with van der Waals surface area (Å²) in [7, 11) is 2.59.